The van der Waals surface area contributed by atoms with Gasteiger partial charge in [-0.05, 0) is 62.2 Å². The molecule has 1 unspecified atom stereocenters. The van der Waals surface area contributed by atoms with Gasteiger partial charge in [-0.3, -0.25) is 4.90 Å². The minimum atomic E-state index is 0.772. The average molecular weight is 221 g/mol. The van der Waals surface area contributed by atoms with E-state index in [0.29, 0.717) is 0 Å². The van der Waals surface area contributed by atoms with Crippen LogP contribution in [0.15, 0.2) is 11.4 Å². The molecule has 1 fully saturated rings. The number of piperidine rings is 1. The van der Waals surface area contributed by atoms with Crippen molar-refractivity contribution in [2.24, 2.45) is 0 Å². The molecule has 1 aliphatic carbocycles. The number of thiophene rings is 1. The molecule has 0 aromatic carbocycles. The normalized spacial score (nSPS) is 27.6. The van der Waals surface area contributed by atoms with Crippen LogP contribution >= 0.6 is 11.3 Å². The van der Waals surface area contributed by atoms with Crippen LogP contribution in [0.2, 0.25) is 0 Å². The molecule has 1 aromatic heterocycles. The van der Waals surface area contributed by atoms with Crippen LogP contribution in [0.5, 0.6) is 0 Å². The van der Waals surface area contributed by atoms with Gasteiger partial charge in [0, 0.05) is 10.9 Å². The van der Waals surface area contributed by atoms with E-state index in [9.17, 15) is 0 Å². The number of hydrogen-bond donors (Lipinski definition) is 0. The molecule has 1 aromatic rings. The van der Waals surface area contributed by atoms with Crippen LogP contribution in [0.25, 0.3) is 0 Å². The van der Waals surface area contributed by atoms with Gasteiger partial charge in [0.05, 0.1) is 0 Å². The number of likely N-dealkylation sites (tertiary alicyclic amines) is 1. The first-order valence-corrected chi connectivity index (χ1v) is 7.13. The molecule has 0 bridgehead atoms. The van der Waals surface area contributed by atoms with Crippen LogP contribution in [0.4, 0.5) is 0 Å². The first-order valence-electron chi connectivity index (χ1n) is 6.25. The molecule has 3 rings (SSSR count). The molecular formula is C13H19NS. The number of hydrogen-bond acceptors (Lipinski definition) is 2. The first-order chi connectivity index (χ1) is 7.45. The van der Waals surface area contributed by atoms with E-state index in [0.717, 1.165) is 6.04 Å². The summed E-state index contributed by atoms with van der Waals surface area (Å²) in [6, 6.07) is 3.12. The zero-order chi connectivity index (χ0) is 10.1. The monoisotopic (exact) mass is 221 g/mol. The van der Waals surface area contributed by atoms with Crippen LogP contribution in [0.3, 0.4) is 0 Å². The van der Waals surface area contributed by atoms with Gasteiger partial charge in [0.2, 0.25) is 0 Å². The second kappa shape index (κ2) is 4.26. The van der Waals surface area contributed by atoms with Crippen molar-refractivity contribution in [2.75, 3.05) is 13.1 Å². The lowest BCUT2D eigenvalue weighted by molar-refractivity contribution is 0.151. The number of fused-ring (bicyclic) bond motifs is 1. The van der Waals surface area contributed by atoms with Crippen LogP contribution in [0.1, 0.15) is 48.6 Å². The van der Waals surface area contributed by atoms with Crippen LogP contribution in [-0.2, 0) is 6.42 Å². The highest BCUT2D eigenvalue weighted by Gasteiger charge is 2.27. The van der Waals surface area contributed by atoms with Crippen molar-refractivity contribution in [3.63, 3.8) is 0 Å². The predicted molar refractivity (Wildman–Crippen MR) is 65.4 cm³/mol. The van der Waals surface area contributed by atoms with Crippen molar-refractivity contribution in [3.05, 3.63) is 21.9 Å². The van der Waals surface area contributed by atoms with E-state index >= 15 is 0 Å². The summed E-state index contributed by atoms with van der Waals surface area (Å²) in [7, 11) is 0. The molecule has 1 atom stereocenters. The minimum Gasteiger partial charge on any atom is -0.296 e. The predicted octanol–water partition coefficient (Wildman–Crippen LogP) is 3.61. The molecular weight excluding hydrogens is 202 g/mol. The molecule has 0 spiro atoms. The third-order valence-electron chi connectivity index (χ3n) is 3.84. The lowest BCUT2D eigenvalue weighted by atomic mass is 9.92. The summed E-state index contributed by atoms with van der Waals surface area (Å²) in [4.78, 5) is 4.42. The zero-order valence-corrected chi connectivity index (χ0v) is 10.1. The largest absolute Gasteiger partial charge is 0.296 e. The third kappa shape index (κ3) is 1.85. The summed E-state index contributed by atoms with van der Waals surface area (Å²) >= 11 is 1.99. The molecule has 82 valence electrons. The summed E-state index contributed by atoms with van der Waals surface area (Å²) in [5.41, 5.74) is 1.64. The topological polar surface area (TPSA) is 3.24 Å². The highest BCUT2D eigenvalue weighted by Crippen LogP contribution is 2.38. The van der Waals surface area contributed by atoms with Gasteiger partial charge in [0.1, 0.15) is 0 Å². The van der Waals surface area contributed by atoms with Crippen LogP contribution in [0, 0.1) is 0 Å². The Kier molecular flexibility index (Phi) is 2.80. The molecule has 2 heterocycles. The molecule has 0 N–H and O–H groups in total. The molecule has 15 heavy (non-hydrogen) atoms. The Bertz CT molecular complexity index is 325. The maximum Gasteiger partial charge on any atom is 0.0444 e. The second-order valence-electron chi connectivity index (χ2n) is 4.81. The maximum atomic E-state index is 2.73. The van der Waals surface area contributed by atoms with Crippen molar-refractivity contribution in [2.45, 2.75) is 44.6 Å². The van der Waals surface area contributed by atoms with Crippen LogP contribution < -0.4 is 0 Å². The highest BCUT2D eigenvalue weighted by molar-refractivity contribution is 7.10. The van der Waals surface area contributed by atoms with Crippen LogP contribution in [-0.4, -0.2) is 18.0 Å². The fourth-order valence-corrected chi connectivity index (χ4v) is 4.17. The molecule has 0 radical (unpaired) electrons. The third-order valence-corrected chi connectivity index (χ3v) is 4.90. The summed E-state index contributed by atoms with van der Waals surface area (Å²) in [5, 5.41) is 2.28. The Labute approximate surface area is 96.1 Å². The lowest BCUT2D eigenvalue weighted by Gasteiger charge is -2.36. The van der Waals surface area contributed by atoms with Crippen molar-refractivity contribution in [1.29, 1.82) is 0 Å². The Hall–Kier alpha value is -0.340. The Morgan fingerprint density at radius 1 is 1.13 bits per heavy atom. The molecule has 1 saturated heterocycles. The lowest BCUT2D eigenvalue weighted by Crippen LogP contribution is -2.34. The fraction of sp³-hybridized carbons (Fsp3) is 0.692. The van der Waals surface area contributed by atoms with Gasteiger partial charge >= 0.3 is 0 Å². The van der Waals surface area contributed by atoms with E-state index in [4.69, 9.17) is 0 Å². The van der Waals surface area contributed by atoms with E-state index in [2.05, 4.69) is 16.3 Å². The van der Waals surface area contributed by atoms with E-state index in [1.54, 1.807) is 10.4 Å². The van der Waals surface area contributed by atoms with Gasteiger partial charge in [-0.15, -0.1) is 11.3 Å². The molecule has 0 saturated carbocycles. The van der Waals surface area contributed by atoms with Gasteiger partial charge in [0.15, 0.2) is 0 Å². The van der Waals surface area contributed by atoms with E-state index in [1.165, 1.54) is 51.6 Å². The quantitative estimate of drug-likeness (QED) is 0.700. The Balaban J connectivity index is 1.82. The van der Waals surface area contributed by atoms with E-state index < -0.39 is 0 Å². The molecule has 1 aliphatic heterocycles. The number of rotatable bonds is 1. The molecule has 0 amide bonds. The number of aryl methyl sites for hydroxylation is 1. The molecule has 2 heteroatoms. The van der Waals surface area contributed by atoms with E-state index in [-0.39, 0.29) is 0 Å². The summed E-state index contributed by atoms with van der Waals surface area (Å²) in [5.74, 6) is 0. The summed E-state index contributed by atoms with van der Waals surface area (Å²) in [6.45, 7) is 2.67. The second-order valence-corrected chi connectivity index (χ2v) is 5.76. The summed E-state index contributed by atoms with van der Waals surface area (Å²) < 4.78 is 0. The van der Waals surface area contributed by atoms with Gasteiger partial charge in [-0.25, -0.2) is 0 Å². The summed E-state index contributed by atoms with van der Waals surface area (Å²) in [6.07, 6.45) is 8.39. The average Bonchev–Trinajstić information content (AvgIpc) is 2.78. The van der Waals surface area contributed by atoms with Gasteiger partial charge in [0.25, 0.3) is 0 Å². The van der Waals surface area contributed by atoms with E-state index in [1.807, 2.05) is 11.3 Å². The van der Waals surface area contributed by atoms with Gasteiger partial charge in [-0.1, -0.05) is 6.42 Å². The number of nitrogens with zero attached hydrogens (tertiary/aromatic N) is 1. The fourth-order valence-electron chi connectivity index (χ4n) is 3.04. The van der Waals surface area contributed by atoms with Gasteiger partial charge in [-0.2, -0.15) is 0 Å². The maximum absolute atomic E-state index is 2.73. The first kappa shape index (κ1) is 9.86. The van der Waals surface area contributed by atoms with Gasteiger partial charge < -0.3 is 0 Å². The minimum absolute atomic E-state index is 0.772. The standard InChI is InChI=1S/C13H19NS/c1-2-8-14(9-3-1)12-6-4-5-11-7-10-15-13(11)12/h7,10,12H,1-6,8-9H2. The van der Waals surface area contributed by atoms with Crippen molar-refractivity contribution in [3.8, 4) is 0 Å². The Morgan fingerprint density at radius 3 is 2.87 bits per heavy atom. The van der Waals surface area contributed by atoms with Crippen molar-refractivity contribution in [1.82, 2.24) is 4.90 Å². The van der Waals surface area contributed by atoms with Crippen molar-refractivity contribution < 1.29 is 0 Å². The zero-order valence-electron chi connectivity index (χ0n) is 9.24. The highest BCUT2D eigenvalue weighted by atomic mass is 32.1. The molecule has 2 aliphatic rings. The molecule has 1 nitrogen and oxygen atoms in total. The van der Waals surface area contributed by atoms with Crippen molar-refractivity contribution >= 4 is 11.3 Å². The smallest absolute Gasteiger partial charge is 0.0444 e. The SMILES string of the molecule is c1cc2c(s1)C(N1CCCCC1)CCC2. The Morgan fingerprint density at radius 2 is 2.00 bits per heavy atom.